The summed E-state index contributed by atoms with van der Waals surface area (Å²) in [7, 11) is 0. The van der Waals surface area contributed by atoms with Crippen LogP contribution in [0.4, 0.5) is 5.82 Å². The predicted octanol–water partition coefficient (Wildman–Crippen LogP) is 3.89. The molecule has 0 saturated carbocycles. The molecule has 4 heterocycles. The number of H-pyrrole nitrogens is 1. The molecule has 1 unspecified atom stereocenters. The van der Waals surface area contributed by atoms with Gasteiger partial charge >= 0.3 is 0 Å². The molecule has 12 nitrogen and oxygen atoms in total. The van der Waals surface area contributed by atoms with Crippen molar-refractivity contribution in [1.29, 1.82) is 0 Å². The number of rotatable bonds is 7. The van der Waals surface area contributed by atoms with Gasteiger partial charge in [0, 0.05) is 23.1 Å². The molecule has 14 heteroatoms. The average Bonchev–Trinajstić information content (AvgIpc) is 3.62. The van der Waals surface area contributed by atoms with Crippen molar-refractivity contribution in [3.63, 3.8) is 0 Å². The third-order valence-corrected chi connectivity index (χ3v) is 6.59. The average molecular weight is 573 g/mol. The van der Waals surface area contributed by atoms with Crippen LogP contribution in [-0.2, 0) is 11.2 Å². The SMILES string of the molecule is O=C(Nc1ncnc2[nH]ncc12)C(Cc1ccccc1)n1cnc(-c2cc(Cl)ccc2-n2cc(Cl)nn2)cc1=O. The third-order valence-electron chi connectivity index (χ3n) is 6.18. The molecule has 0 saturated heterocycles. The molecule has 0 aliphatic heterocycles. The van der Waals surface area contributed by atoms with Gasteiger partial charge < -0.3 is 5.32 Å². The topological polar surface area (TPSA) is 149 Å². The van der Waals surface area contributed by atoms with Crippen molar-refractivity contribution in [3.8, 4) is 16.9 Å². The van der Waals surface area contributed by atoms with E-state index in [2.05, 4.69) is 40.8 Å². The summed E-state index contributed by atoms with van der Waals surface area (Å²) in [5.41, 5.74) is 2.32. The van der Waals surface area contributed by atoms with Crippen molar-refractivity contribution in [2.45, 2.75) is 12.5 Å². The second kappa shape index (κ2) is 10.7. The van der Waals surface area contributed by atoms with Gasteiger partial charge in [-0.1, -0.05) is 58.7 Å². The first-order chi connectivity index (χ1) is 19.5. The number of carbonyl (C=O) groups excluding carboxylic acids is 1. The number of aromatic nitrogens is 9. The standard InChI is InChI=1S/C26H18Cl2N10O2/c27-16-6-7-20(38-12-22(28)34-36-38)17(9-16)19-10-23(39)37(14-31-19)21(8-15-4-2-1-3-5-15)26(40)33-24-18-11-32-35-25(18)30-13-29-24/h1-7,9-14,21H,8H2,(H2,29,30,32,33,35,40). The lowest BCUT2D eigenvalue weighted by atomic mass is 10.0. The monoisotopic (exact) mass is 572 g/mol. The fraction of sp³-hybridized carbons (Fsp3) is 0.0769. The number of benzene rings is 2. The van der Waals surface area contributed by atoms with Crippen LogP contribution in [0.25, 0.3) is 28.0 Å². The summed E-state index contributed by atoms with van der Waals surface area (Å²) in [6.45, 7) is 0. The number of nitrogens with zero attached hydrogens (tertiary/aromatic N) is 8. The van der Waals surface area contributed by atoms with Crippen molar-refractivity contribution >= 4 is 46.0 Å². The summed E-state index contributed by atoms with van der Waals surface area (Å²) < 4.78 is 2.75. The Labute approximate surface area is 235 Å². The Kier molecular flexibility index (Phi) is 6.76. The summed E-state index contributed by atoms with van der Waals surface area (Å²) in [4.78, 5) is 40.0. The highest BCUT2D eigenvalue weighted by Gasteiger charge is 2.25. The first kappa shape index (κ1) is 25.3. The van der Waals surface area contributed by atoms with Crippen LogP contribution in [0.15, 0.2) is 84.4 Å². The Hall–Kier alpha value is -4.94. The van der Waals surface area contributed by atoms with Crippen LogP contribution < -0.4 is 10.9 Å². The van der Waals surface area contributed by atoms with Crippen LogP contribution in [0.1, 0.15) is 11.6 Å². The van der Waals surface area contributed by atoms with Crippen LogP contribution in [0.2, 0.25) is 10.2 Å². The molecule has 0 spiro atoms. The minimum absolute atomic E-state index is 0.204. The molecule has 6 rings (SSSR count). The smallest absolute Gasteiger partial charge is 0.254 e. The van der Waals surface area contributed by atoms with Gasteiger partial charge in [-0.05, 0) is 23.8 Å². The maximum atomic E-state index is 13.6. The fourth-order valence-corrected chi connectivity index (χ4v) is 4.58. The Morgan fingerprint density at radius 3 is 2.67 bits per heavy atom. The van der Waals surface area contributed by atoms with E-state index >= 15 is 0 Å². The van der Waals surface area contributed by atoms with Gasteiger partial charge in [-0.25, -0.2) is 19.6 Å². The molecule has 0 bridgehead atoms. The molecular weight excluding hydrogens is 555 g/mol. The number of hydrogen-bond donors (Lipinski definition) is 2. The Morgan fingerprint density at radius 1 is 1.05 bits per heavy atom. The molecule has 2 N–H and O–H groups in total. The van der Waals surface area contributed by atoms with E-state index in [-0.39, 0.29) is 17.4 Å². The van der Waals surface area contributed by atoms with Gasteiger partial charge in [0.25, 0.3) is 5.56 Å². The van der Waals surface area contributed by atoms with Crippen LogP contribution in [0, 0.1) is 0 Å². The van der Waals surface area contributed by atoms with Crippen LogP contribution in [0.5, 0.6) is 0 Å². The summed E-state index contributed by atoms with van der Waals surface area (Å²) in [5, 5.41) is 18.5. The quantitative estimate of drug-likeness (QED) is 0.292. The number of nitrogens with one attached hydrogen (secondary N) is 2. The van der Waals surface area contributed by atoms with Gasteiger partial charge in [0.2, 0.25) is 5.91 Å². The zero-order valence-corrected chi connectivity index (χ0v) is 22.0. The van der Waals surface area contributed by atoms with E-state index in [0.717, 1.165) is 5.56 Å². The van der Waals surface area contributed by atoms with E-state index in [4.69, 9.17) is 23.2 Å². The van der Waals surface area contributed by atoms with Gasteiger partial charge in [-0.3, -0.25) is 19.3 Å². The molecule has 4 aromatic heterocycles. The number of fused-ring (bicyclic) bond motifs is 1. The number of hydrogen-bond acceptors (Lipinski definition) is 8. The van der Waals surface area contributed by atoms with Crippen LogP contribution in [-0.4, -0.2) is 50.6 Å². The Bertz CT molecular complexity index is 1900. The zero-order chi connectivity index (χ0) is 27.6. The van der Waals surface area contributed by atoms with Crippen LogP contribution in [0.3, 0.4) is 0 Å². The summed E-state index contributed by atoms with van der Waals surface area (Å²) in [6.07, 6.45) is 5.94. The summed E-state index contributed by atoms with van der Waals surface area (Å²) in [6, 6.07) is 14.8. The fourth-order valence-electron chi connectivity index (χ4n) is 4.29. The molecule has 198 valence electrons. The first-order valence-corrected chi connectivity index (χ1v) is 12.7. The number of anilines is 1. The Balaban J connectivity index is 1.39. The first-order valence-electron chi connectivity index (χ1n) is 11.9. The van der Waals surface area contributed by atoms with Gasteiger partial charge in [0.1, 0.15) is 18.2 Å². The van der Waals surface area contributed by atoms with Crippen molar-refractivity contribution < 1.29 is 4.79 Å². The normalized spacial score (nSPS) is 11.9. The van der Waals surface area contributed by atoms with Crippen molar-refractivity contribution in [2.24, 2.45) is 0 Å². The van der Waals surface area contributed by atoms with Gasteiger partial charge in [0.05, 0.1) is 35.5 Å². The molecule has 0 aliphatic rings. The van der Waals surface area contributed by atoms with Gasteiger partial charge in [0.15, 0.2) is 10.8 Å². The van der Waals surface area contributed by atoms with E-state index in [9.17, 15) is 9.59 Å². The molecule has 6 aromatic rings. The highest BCUT2D eigenvalue weighted by atomic mass is 35.5. The van der Waals surface area contributed by atoms with Gasteiger partial charge in [-0.2, -0.15) is 5.10 Å². The highest BCUT2D eigenvalue weighted by molar-refractivity contribution is 6.31. The lowest BCUT2D eigenvalue weighted by Gasteiger charge is -2.20. The van der Waals surface area contributed by atoms with E-state index in [0.29, 0.717) is 33.0 Å². The number of aromatic amines is 1. The molecule has 1 atom stereocenters. The molecule has 1 amide bonds. The molecule has 2 aromatic carbocycles. The number of halogens is 2. The van der Waals surface area contributed by atoms with Crippen LogP contribution >= 0.6 is 23.2 Å². The third kappa shape index (κ3) is 5.05. The van der Waals surface area contributed by atoms with E-state index in [1.807, 2.05) is 30.3 Å². The lowest BCUT2D eigenvalue weighted by Crippen LogP contribution is -2.35. The van der Waals surface area contributed by atoms with E-state index in [1.54, 1.807) is 18.2 Å². The molecular formula is C26H18Cl2N10O2. The molecule has 0 aliphatic carbocycles. The Morgan fingerprint density at radius 2 is 1.90 bits per heavy atom. The molecule has 0 fully saturated rings. The van der Waals surface area contributed by atoms with Crippen molar-refractivity contribution in [3.05, 3.63) is 106 Å². The lowest BCUT2D eigenvalue weighted by molar-refractivity contribution is -0.119. The van der Waals surface area contributed by atoms with Crippen molar-refractivity contribution in [2.75, 3.05) is 5.32 Å². The van der Waals surface area contributed by atoms with E-state index < -0.39 is 17.5 Å². The number of amides is 1. The minimum Gasteiger partial charge on any atom is -0.308 e. The second-order valence-electron chi connectivity index (χ2n) is 8.72. The minimum atomic E-state index is -0.943. The molecule has 40 heavy (non-hydrogen) atoms. The zero-order valence-electron chi connectivity index (χ0n) is 20.4. The summed E-state index contributed by atoms with van der Waals surface area (Å²) >= 11 is 12.2. The highest BCUT2D eigenvalue weighted by Crippen LogP contribution is 2.28. The maximum Gasteiger partial charge on any atom is 0.254 e. The predicted molar refractivity (Wildman–Crippen MR) is 148 cm³/mol. The largest absolute Gasteiger partial charge is 0.308 e. The number of carbonyl (C=O) groups is 1. The van der Waals surface area contributed by atoms with Gasteiger partial charge in [-0.15, -0.1) is 5.10 Å². The maximum absolute atomic E-state index is 13.6. The molecule has 0 radical (unpaired) electrons. The van der Waals surface area contributed by atoms with Crippen molar-refractivity contribution in [1.82, 2.24) is 44.7 Å². The van der Waals surface area contributed by atoms with E-state index in [1.165, 1.54) is 40.4 Å². The summed E-state index contributed by atoms with van der Waals surface area (Å²) in [5.74, 6) is -0.183. The second-order valence-corrected chi connectivity index (χ2v) is 9.54.